The minimum Gasteiger partial charge on any atom is -0.356 e. The minimum absolute atomic E-state index is 0.173. The number of nitrogens with one attached hydrogen (secondary N) is 3. The van der Waals surface area contributed by atoms with Crippen LogP contribution >= 0.6 is 0 Å². The fraction of sp³-hybridized carbons (Fsp3) is 0.636. The van der Waals surface area contributed by atoms with Gasteiger partial charge in [0, 0.05) is 51.2 Å². The van der Waals surface area contributed by atoms with Gasteiger partial charge in [-0.05, 0) is 44.6 Å². The fourth-order valence-corrected chi connectivity index (χ4v) is 3.78. The molecule has 1 saturated carbocycles. The molecule has 1 aromatic carbocycles. The van der Waals surface area contributed by atoms with Crippen molar-refractivity contribution in [2.24, 2.45) is 4.99 Å². The standard InChI is InChI=1S/C22H35N5O/c1-17-15-20(12-14-27(17)16-18-7-4-3-5-8-18)26-22(23-2)24-13-6-9-21(28)25-19-10-11-19/h3-5,7-8,17,19-20H,6,9-16H2,1-2H3,(H,25,28)(H2,23,24,26). The van der Waals surface area contributed by atoms with Crippen LogP contribution in [0, 0.1) is 0 Å². The lowest BCUT2D eigenvalue weighted by atomic mass is 9.97. The van der Waals surface area contributed by atoms with Gasteiger partial charge in [0.15, 0.2) is 5.96 Å². The number of likely N-dealkylation sites (tertiary alicyclic amines) is 1. The molecule has 0 bridgehead atoms. The second-order valence-electron chi connectivity index (χ2n) is 8.12. The lowest BCUT2D eigenvalue weighted by molar-refractivity contribution is -0.121. The van der Waals surface area contributed by atoms with Gasteiger partial charge in [-0.25, -0.2) is 0 Å². The normalized spacial score (nSPS) is 23.3. The molecule has 6 nitrogen and oxygen atoms in total. The quantitative estimate of drug-likeness (QED) is 0.365. The molecule has 1 saturated heterocycles. The Balaban J connectivity index is 1.34. The Labute approximate surface area is 169 Å². The zero-order valence-corrected chi connectivity index (χ0v) is 17.3. The third kappa shape index (κ3) is 6.82. The molecule has 2 unspecified atom stereocenters. The molecule has 3 rings (SSSR count). The first-order chi connectivity index (χ1) is 13.6. The summed E-state index contributed by atoms with van der Waals surface area (Å²) in [5, 5.41) is 9.95. The lowest BCUT2D eigenvalue weighted by Gasteiger charge is -2.38. The number of rotatable bonds is 8. The van der Waals surface area contributed by atoms with Crippen LogP contribution in [-0.4, -0.2) is 55.0 Å². The van der Waals surface area contributed by atoms with E-state index in [1.54, 1.807) is 0 Å². The summed E-state index contributed by atoms with van der Waals surface area (Å²) in [4.78, 5) is 18.6. The molecule has 1 aromatic rings. The highest BCUT2D eigenvalue weighted by Crippen LogP contribution is 2.20. The van der Waals surface area contributed by atoms with Crippen LogP contribution in [-0.2, 0) is 11.3 Å². The van der Waals surface area contributed by atoms with E-state index in [1.807, 2.05) is 7.05 Å². The van der Waals surface area contributed by atoms with Gasteiger partial charge in [-0.15, -0.1) is 0 Å². The third-order valence-corrected chi connectivity index (χ3v) is 5.62. The number of amides is 1. The third-order valence-electron chi connectivity index (χ3n) is 5.62. The number of nitrogens with zero attached hydrogens (tertiary/aromatic N) is 2. The van der Waals surface area contributed by atoms with Gasteiger partial charge in [0.25, 0.3) is 0 Å². The maximum Gasteiger partial charge on any atom is 0.220 e. The minimum atomic E-state index is 0.173. The van der Waals surface area contributed by atoms with Crippen molar-refractivity contribution < 1.29 is 4.79 Å². The highest BCUT2D eigenvalue weighted by atomic mass is 16.1. The summed E-state index contributed by atoms with van der Waals surface area (Å²) in [7, 11) is 1.81. The van der Waals surface area contributed by atoms with Crippen LogP contribution in [0.2, 0.25) is 0 Å². The Morgan fingerprint density at radius 2 is 1.93 bits per heavy atom. The van der Waals surface area contributed by atoms with Crippen molar-refractivity contribution in [3.63, 3.8) is 0 Å². The number of guanidine groups is 1. The topological polar surface area (TPSA) is 68.8 Å². The van der Waals surface area contributed by atoms with Gasteiger partial charge in [-0.1, -0.05) is 30.3 Å². The number of hydrogen-bond acceptors (Lipinski definition) is 3. The van der Waals surface area contributed by atoms with Gasteiger partial charge in [-0.3, -0.25) is 14.7 Å². The van der Waals surface area contributed by atoms with Gasteiger partial charge < -0.3 is 16.0 Å². The van der Waals surface area contributed by atoms with E-state index in [9.17, 15) is 4.79 Å². The van der Waals surface area contributed by atoms with Crippen molar-refractivity contribution in [1.82, 2.24) is 20.9 Å². The predicted molar refractivity (Wildman–Crippen MR) is 114 cm³/mol. The van der Waals surface area contributed by atoms with Gasteiger partial charge in [0.05, 0.1) is 0 Å². The zero-order chi connectivity index (χ0) is 19.8. The summed E-state index contributed by atoms with van der Waals surface area (Å²) < 4.78 is 0. The highest BCUT2D eigenvalue weighted by molar-refractivity contribution is 5.80. The van der Waals surface area contributed by atoms with Crippen LogP contribution in [0.5, 0.6) is 0 Å². The molecule has 1 aliphatic carbocycles. The first kappa shape index (κ1) is 20.6. The molecule has 0 radical (unpaired) electrons. The van der Waals surface area contributed by atoms with Crippen molar-refractivity contribution in [2.75, 3.05) is 20.1 Å². The summed E-state index contributed by atoms with van der Waals surface area (Å²) in [6.07, 6.45) is 5.91. The molecule has 2 atom stereocenters. The molecule has 1 heterocycles. The summed E-state index contributed by atoms with van der Waals surface area (Å²) in [6, 6.07) is 12.1. The molecule has 1 amide bonds. The average molecular weight is 386 g/mol. The zero-order valence-electron chi connectivity index (χ0n) is 17.3. The number of piperidine rings is 1. The smallest absolute Gasteiger partial charge is 0.220 e. The van der Waals surface area contributed by atoms with Crippen LogP contribution in [0.1, 0.15) is 51.0 Å². The van der Waals surface area contributed by atoms with E-state index in [1.165, 1.54) is 5.56 Å². The Kier molecular flexibility index (Phi) is 7.71. The van der Waals surface area contributed by atoms with Gasteiger partial charge in [-0.2, -0.15) is 0 Å². The first-order valence-electron chi connectivity index (χ1n) is 10.7. The van der Waals surface area contributed by atoms with Gasteiger partial charge in [0.1, 0.15) is 0 Å². The van der Waals surface area contributed by atoms with E-state index in [4.69, 9.17) is 0 Å². The maximum atomic E-state index is 11.7. The molecule has 2 fully saturated rings. The van der Waals surface area contributed by atoms with Crippen molar-refractivity contribution in [3.05, 3.63) is 35.9 Å². The van der Waals surface area contributed by atoms with E-state index in [0.29, 0.717) is 24.5 Å². The number of carbonyl (C=O) groups is 1. The maximum absolute atomic E-state index is 11.7. The number of aliphatic imine (C=N–C) groups is 1. The van der Waals surface area contributed by atoms with E-state index in [2.05, 4.69) is 63.1 Å². The van der Waals surface area contributed by atoms with E-state index in [0.717, 1.165) is 57.7 Å². The van der Waals surface area contributed by atoms with Crippen LogP contribution < -0.4 is 16.0 Å². The summed E-state index contributed by atoms with van der Waals surface area (Å²) in [5.74, 6) is 1.02. The van der Waals surface area contributed by atoms with Crippen LogP contribution in [0.15, 0.2) is 35.3 Å². The first-order valence-corrected chi connectivity index (χ1v) is 10.7. The van der Waals surface area contributed by atoms with Crippen molar-refractivity contribution in [1.29, 1.82) is 0 Å². The Hall–Kier alpha value is -2.08. The highest BCUT2D eigenvalue weighted by Gasteiger charge is 2.26. The summed E-state index contributed by atoms with van der Waals surface area (Å²) >= 11 is 0. The predicted octanol–water partition coefficient (Wildman–Crippen LogP) is 2.26. The Bertz CT molecular complexity index is 644. The number of benzene rings is 1. The van der Waals surface area contributed by atoms with E-state index < -0.39 is 0 Å². The van der Waals surface area contributed by atoms with Crippen LogP contribution in [0.25, 0.3) is 0 Å². The molecule has 1 aliphatic heterocycles. The largest absolute Gasteiger partial charge is 0.356 e. The molecular formula is C22H35N5O. The van der Waals surface area contributed by atoms with Crippen LogP contribution in [0.3, 0.4) is 0 Å². The average Bonchev–Trinajstić information content (AvgIpc) is 3.51. The second-order valence-corrected chi connectivity index (χ2v) is 8.12. The molecular weight excluding hydrogens is 350 g/mol. The molecule has 154 valence electrons. The number of carbonyl (C=O) groups excluding carboxylic acids is 1. The second kappa shape index (κ2) is 10.5. The molecule has 28 heavy (non-hydrogen) atoms. The Morgan fingerprint density at radius 1 is 1.14 bits per heavy atom. The molecule has 0 aromatic heterocycles. The van der Waals surface area contributed by atoms with E-state index in [-0.39, 0.29) is 5.91 Å². The van der Waals surface area contributed by atoms with Crippen LogP contribution in [0.4, 0.5) is 0 Å². The molecule has 6 heteroatoms. The molecule has 2 aliphatic rings. The van der Waals surface area contributed by atoms with Gasteiger partial charge >= 0.3 is 0 Å². The van der Waals surface area contributed by atoms with Crippen molar-refractivity contribution in [3.8, 4) is 0 Å². The SMILES string of the molecule is CN=C(NCCCC(=O)NC1CC1)NC1CCN(Cc2ccccc2)C(C)C1. The summed E-state index contributed by atoms with van der Waals surface area (Å²) in [6.45, 7) is 5.18. The fourth-order valence-electron chi connectivity index (χ4n) is 3.78. The molecule has 3 N–H and O–H groups in total. The summed E-state index contributed by atoms with van der Waals surface area (Å²) in [5.41, 5.74) is 1.38. The van der Waals surface area contributed by atoms with Crippen molar-refractivity contribution >= 4 is 11.9 Å². The number of hydrogen-bond donors (Lipinski definition) is 3. The molecule has 0 spiro atoms. The lowest BCUT2D eigenvalue weighted by Crippen LogP contribution is -2.51. The monoisotopic (exact) mass is 385 g/mol. The Morgan fingerprint density at radius 3 is 2.61 bits per heavy atom. The van der Waals surface area contributed by atoms with E-state index >= 15 is 0 Å². The van der Waals surface area contributed by atoms with Crippen molar-refractivity contribution in [2.45, 2.75) is 70.1 Å². The van der Waals surface area contributed by atoms with Gasteiger partial charge in [0.2, 0.25) is 5.91 Å².